The average Bonchev–Trinajstić information content (AvgIpc) is 2.99. The number of carbonyl (C=O) groups excluding carboxylic acids is 1. The number of hydrogen-bond acceptors (Lipinski definition) is 2. The molecule has 1 heterocycles. The first-order chi connectivity index (χ1) is 11.1. The predicted octanol–water partition coefficient (Wildman–Crippen LogP) is 4.25. The van der Waals surface area contributed by atoms with Crippen molar-refractivity contribution in [3.05, 3.63) is 64.9 Å². The van der Waals surface area contributed by atoms with Gasteiger partial charge in [0.1, 0.15) is 5.82 Å². The Morgan fingerprint density at radius 1 is 1.26 bits per heavy atom. The van der Waals surface area contributed by atoms with Gasteiger partial charge in [0, 0.05) is 6.04 Å². The molecule has 2 aromatic carbocycles. The molecule has 1 aliphatic heterocycles. The summed E-state index contributed by atoms with van der Waals surface area (Å²) in [5, 5.41) is 2.96. The Balaban J connectivity index is 1.65. The summed E-state index contributed by atoms with van der Waals surface area (Å²) in [6.45, 7) is 1.19. The number of anilines is 1. The van der Waals surface area contributed by atoms with Crippen molar-refractivity contribution in [3.63, 3.8) is 0 Å². The van der Waals surface area contributed by atoms with Crippen LogP contribution >= 0.6 is 11.6 Å². The maximum Gasteiger partial charge on any atom is 0.238 e. The van der Waals surface area contributed by atoms with E-state index in [2.05, 4.69) is 22.3 Å². The van der Waals surface area contributed by atoms with Gasteiger partial charge in [0.15, 0.2) is 0 Å². The molecule has 0 radical (unpaired) electrons. The lowest BCUT2D eigenvalue weighted by atomic mass is 10.0. The SMILES string of the molecule is O=C(CN1CCCC1c1ccccc1)Nc1ccc(F)cc1Cl. The van der Waals surface area contributed by atoms with Crippen LogP contribution in [-0.2, 0) is 4.79 Å². The van der Waals surface area contributed by atoms with Crippen LogP contribution in [0.15, 0.2) is 48.5 Å². The normalized spacial score (nSPS) is 18.1. The molecule has 120 valence electrons. The van der Waals surface area contributed by atoms with Crippen LogP contribution < -0.4 is 5.32 Å². The van der Waals surface area contributed by atoms with Crippen LogP contribution in [0.5, 0.6) is 0 Å². The summed E-state index contributed by atoms with van der Waals surface area (Å²) in [5.41, 5.74) is 1.67. The summed E-state index contributed by atoms with van der Waals surface area (Å²) in [6, 6.07) is 14.4. The number of likely N-dealkylation sites (tertiary alicyclic amines) is 1. The highest BCUT2D eigenvalue weighted by Gasteiger charge is 2.27. The maximum atomic E-state index is 13.0. The van der Waals surface area contributed by atoms with Crippen LogP contribution in [0.2, 0.25) is 5.02 Å². The first-order valence-corrected chi connectivity index (χ1v) is 8.05. The largest absolute Gasteiger partial charge is 0.324 e. The highest BCUT2D eigenvalue weighted by atomic mass is 35.5. The minimum atomic E-state index is -0.420. The first kappa shape index (κ1) is 16.0. The molecule has 1 fully saturated rings. The van der Waals surface area contributed by atoms with Gasteiger partial charge >= 0.3 is 0 Å². The van der Waals surface area contributed by atoms with Crippen molar-refractivity contribution in [3.8, 4) is 0 Å². The Kier molecular flexibility index (Phi) is 4.94. The Morgan fingerprint density at radius 3 is 2.78 bits per heavy atom. The smallest absolute Gasteiger partial charge is 0.238 e. The molecule has 0 spiro atoms. The molecule has 2 aromatic rings. The molecule has 1 saturated heterocycles. The van der Waals surface area contributed by atoms with Gasteiger partial charge in [0.25, 0.3) is 0 Å². The van der Waals surface area contributed by atoms with Gasteiger partial charge in [-0.2, -0.15) is 0 Å². The molecular formula is C18H18ClFN2O. The number of halogens is 2. The zero-order valence-electron chi connectivity index (χ0n) is 12.6. The van der Waals surface area contributed by atoms with Gasteiger partial charge < -0.3 is 5.32 Å². The molecule has 1 N–H and O–H groups in total. The Morgan fingerprint density at radius 2 is 2.04 bits per heavy atom. The number of benzene rings is 2. The fourth-order valence-electron chi connectivity index (χ4n) is 3.03. The van der Waals surface area contributed by atoms with Crippen molar-refractivity contribution in [1.29, 1.82) is 0 Å². The third-order valence-corrected chi connectivity index (χ3v) is 4.41. The molecule has 1 amide bonds. The highest BCUT2D eigenvalue weighted by molar-refractivity contribution is 6.33. The van der Waals surface area contributed by atoms with E-state index in [1.54, 1.807) is 0 Å². The van der Waals surface area contributed by atoms with Crippen LogP contribution in [0.3, 0.4) is 0 Å². The molecule has 0 bridgehead atoms. The quantitative estimate of drug-likeness (QED) is 0.907. The second-order valence-electron chi connectivity index (χ2n) is 5.71. The van der Waals surface area contributed by atoms with E-state index in [1.807, 2.05) is 18.2 Å². The third-order valence-electron chi connectivity index (χ3n) is 4.10. The minimum Gasteiger partial charge on any atom is -0.324 e. The van der Waals surface area contributed by atoms with E-state index in [1.165, 1.54) is 23.8 Å². The van der Waals surface area contributed by atoms with Crippen molar-refractivity contribution in [2.45, 2.75) is 18.9 Å². The molecule has 1 unspecified atom stereocenters. The number of hydrogen-bond donors (Lipinski definition) is 1. The summed E-state index contributed by atoms with van der Waals surface area (Å²) in [4.78, 5) is 14.4. The molecule has 5 heteroatoms. The first-order valence-electron chi connectivity index (χ1n) is 7.67. The van der Waals surface area contributed by atoms with Gasteiger partial charge in [0.05, 0.1) is 17.3 Å². The van der Waals surface area contributed by atoms with Gasteiger partial charge in [0.2, 0.25) is 5.91 Å². The number of nitrogens with zero attached hydrogens (tertiary/aromatic N) is 1. The van der Waals surface area contributed by atoms with Crippen molar-refractivity contribution >= 4 is 23.2 Å². The van der Waals surface area contributed by atoms with Crippen LogP contribution in [0.4, 0.5) is 10.1 Å². The van der Waals surface area contributed by atoms with E-state index < -0.39 is 5.82 Å². The van der Waals surface area contributed by atoms with Crippen LogP contribution in [-0.4, -0.2) is 23.9 Å². The average molecular weight is 333 g/mol. The third kappa shape index (κ3) is 3.89. The van der Waals surface area contributed by atoms with Crippen molar-refractivity contribution < 1.29 is 9.18 Å². The molecule has 1 aliphatic rings. The Hall–Kier alpha value is -1.91. The summed E-state index contributed by atoms with van der Waals surface area (Å²) in [7, 11) is 0. The second-order valence-corrected chi connectivity index (χ2v) is 6.12. The van der Waals surface area contributed by atoms with Crippen molar-refractivity contribution in [2.75, 3.05) is 18.4 Å². The van der Waals surface area contributed by atoms with E-state index in [0.717, 1.165) is 19.4 Å². The Labute approximate surface area is 140 Å². The predicted molar refractivity (Wildman–Crippen MR) is 90.0 cm³/mol. The van der Waals surface area contributed by atoms with E-state index >= 15 is 0 Å². The number of nitrogens with one attached hydrogen (secondary N) is 1. The van der Waals surface area contributed by atoms with Crippen LogP contribution in [0.1, 0.15) is 24.4 Å². The number of carbonyl (C=O) groups is 1. The maximum absolute atomic E-state index is 13.0. The number of rotatable bonds is 4. The second kappa shape index (κ2) is 7.11. The standard InChI is InChI=1S/C18H18ClFN2O/c19-15-11-14(20)8-9-16(15)21-18(23)12-22-10-4-7-17(22)13-5-2-1-3-6-13/h1-3,5-6,8-9,11,17H,4,7,10,12H2,(H,21,23). The van der Waals surface area contributed by atoms with Gasteiger partial charge in [-0.3, -0.25) is 9.69 Å². The van der Waals surface area contributed by atoms with E-state index in [9.17, 15) is 9.18 Å². The summed E-state index contributed by atoms with van der Waals surface area (Å²) < 4.78 is 13.0. The van der Waals surface area contributed by atoms with Crippen molar-refractivity contribution in [1.82, 2.24) is 4.90 Å². The monoisotopic (exact) mass is 332 g/mol. The fourth-order valence-corrected chi connectivity index (χ4v) is 3.25. The lowest BCUT2D eigenvalue weighted by Crippen LogP contribution is -2.33. The summed E-state index contributed by atoms with van der Waals surface area (Å²) >= 11 is 5.95. The lowest BCUT2D eigenvalue weighted by molar-refractivity contribution is -0.117. The molecule has 3 rings (SSSR count). The summed E-state index contributed by atoms with van der Waals surface area (Å²) in [5.74, 6) is -0.557. The fraction of sp³-hybridized carbons (Fsp3) is 0.278. The lowest BCUT2D eigenvalue weighted by Gasteiger charge is -2.24. The highest BCUT2D eigenvalue weighted by Crippen LogP contribution is 2.31. The zero-order valence-corrected chi connectivity index (χ0v) is 13.4. The van der Waals surface area contributed by atoms with Gasteiger partial charge in [-0.05, 0) is 43.1 Å². The zero-order chi connectivity index (χ0) is 16.2. The van der Waals surface area contributed by atoms with E-state index in [-0.39, 0.29) is 17.0 Å². The molecule has 0 saturated carbocycles. The van der Waals surface area contributed by atoms with Crippen LogP contribution in [0, 0.1) is 5.82 Å². The molecule has 3 nitrogen and oxygen atoms in total. The molecule has 23 heavy (non-hydrogen) atoms. The van der Waals surface area contributed by atoms with Gasteiger partial charge in [-0.1, -0.05) is 41.9 Å². The minimum absolute atomic E-state index is 0.138. The Bertz CT molecular complexity index is 693. The van der Waals surface area contributed by atoms with Crippen LogP contribution in [0.25, 0.3) is 0 Å². The topological polar surface area (TPSA) is 32.3 Å². The number of amides is 1. The van der Waals surface area contributed by atoms with Gasteiger partial charge in [-0.15, -0.1) is 0 Å². The van der Waals surface area contributed by atoms with Crippen molar-refractivity contribution in [2.24, 2.45) is 0 Å². The van der Waals surface area contributed by atoms with E-state index in [0.29, 0.717) is 12.2 Å². The molecule has 1 atom stereocenters. The van der Waals surface area contributed by atoms with Gasteiger partial charge in [-0.25, -0.2) is 4.39 Å². The molecule has 0 aliphatic carbocycles. The summed E-state index contributed by atoms with van der Waals surface area (Å²) in [6.07, 6.45) is 2.12. The molecular weight excluding hydrogens is 315 g/mol. The van der Waals surface area contributed by atoms with E-state index in [4.69, 9.17) is 11.6 Å². The molecule has 0 aromatic heterocycles.